The van der Waals surface area contributed by atoms with Gasteiger partial charge in [-0.15, -0.1) is 11.3 Å². The third-order valence-corrected chi connectivity index (χ3v) is 6.96. The molecule has 168 valence electrons. The van der Waals surface area contributed by atoms with Crippen LogP contribution in [0.2, 0.25) is 5.02 Å². The van der Waals surface area contributed by atoms with Crippen molar-refractivity contribution in [1.29, 1.82) is 0 Å². The van der Waals surface area contributed by atoms with Crippen LogP contribution in [0.5, 0.6) is 5.75 Å². The molecule has 0 bridgehead atoms. The highest BCUT2D eigenvalue weighted by atomic mass is 35.5. The van der Waals surface area contributed by atoms with E-state index >= 15 is 0 Å². The SMILES string of the molecule is CS(=O)(=O)Nc1cc(C(O)CNCCOc2ccc3c(c2)sc2ccccc23)ccc1Cl. The fourth-order valence-corrected chi connectivity index (χ4v) is 5.35. The maximum atomic E-state index is 11.5. The van der Waals surface area contributed by atoms with Crippen molar-refractivity contribution in [1.82, 2.24) is 5.32 Å². The third kappa shape index (κ3) is 5.51. The molecule has 0 aliphatic rings. The van der Waals surface area contributed by atoms with E-state index < -0.39 is 16.1 Å². The lowest BCUT2D eigenvalue weighted by Crippen LogP contribution is -2.26. The second-order valence-electron chi connectivity index (χ2n) is 7.44. The lowest BCUT2D eigenvalue weighted by Gasteiger charge is -2.15. The molecule has 6 nitrogen and oxygen atoms in total. The van der Waals surface area contributed by atoms with Crippen LogP contribution in [0, 0.1) is 0 Å². The van der Waals surface area contributed by atoms with Gasteiger partial charge in [0.25, 0.3) is 0 Å². The first-order valence-electron chi connectivity index (χ1n) is 10.0. The highest BCUT2D eigenvalue weighted by Crippen LogP contribution is 2.35. The van der Waals surface area contributed by atoms with E-state index in [9.17, 15) is 13.5 Å². The summed E-state index contributed by atoms with van der Waals surface area (Å²) in [5.74, 6) is 0.806. The van der Waals surface area contributed by atoms with Crippen LogP contribution in [-0.4, -0.2) is 39.5 Å². The first-order valence-corrected chi connectivity index (χ1v) is 13.1. The van der Waals surface area contributed by atoms with Crippen LogP contribution in [0.15, 0.2) is 60.7 Å². The monoisotopic (exact) mass is 490 g/mol. The summed E-state index contributed by atoms with van der Waals surface area (Å²) in [5, 5.41) is 16.3. The normalized spacial score (nSPS) is 12.8. The van der Waals surface area contributed by atoms with Crippen molar-refractivity contribution in [2.24, 2.45) is 0 Å². The van der Waals surface area contributed by atoms with Crippen LogP contribution in [-0.2, 0) is 10.0 Å². The summed E-state index contributed by atoms with van der Waals surface area (Å²) in [6.07, 6.45) is 0.231. The number of anilines is 1. The van der Waals surface area contributed by atoms with Crippen molar-refractivity contribution in [3.63, 3.8) is 0 Å². The predicted octanol–water partition coefficient (Wildman–Crippen LogP) is 4.78. The number of thiophene rings is 1. The van der Waals surface area contributed by atoms with E-state index in [1.54, 1.807) is 23.5 Å². The van der Waals surface area contributed by atoms with Gasteiger partial charge in [0.05, 0.1) is 23.1 Å². The summed E-state index contributed by atoms with van der Waals surface area (Å²) in [6, 6.07) is 19.2. The van der Waals surface area contributed by atoms with E-state index in [-0.39, 0.29) is 10.7 Å². The molecule has 4 rings (SSSR count). The number of sulfonamides is 1. The zero-order valence-corrected chi connectivity index (χ0v) is 19.7. The van der Waals surface area contributed by atoms with Gasteiger partial charge in [-0.25, -0.2) is 8.42 Å². The predicted molar refractivity (Wildman–Crippen MR) is 133 cm³/mol. The molecule has 1 atom stereocenters. The molecule has 4 aromatic rings. The highest BCUT2D eigenvalue weighted by molar-refractivity contribution is 7.92. The molecule has 3 N–H and O–H groups in total. The van der Waals surface area contributed by atoms with Crippen molar-refractivity contribution < 1.29 is 18.3 Å². The number of halogens is 1. The molecule has 9 heteroatoms. The van der Waals surface area contributed by atoms with Crippen LogP contribution < -0.4 is 14.8 Å². The van der Waals surface area contributed by atoms with Crippen LogP contribution in [0.25, 0.3) is 20.2 Å². The van der Waals surface area contributed by atoms with Crippen molar-refractivity contribution >= 4 is 58.8 Å². The molecule has 1 aromatic heterocycles. The van der Waals surface area contributed by atoms with Crippen LogP contribution >= 0.6 is 22.9 Å². The van der Waals surface area contributed by atoms with Gasteiger partial charge in [-0.1, -0.05) is 35.9 Å². The number of ether oxygens (including phenoxy) is 1. The molecule has 1 heterocycles. The average Bonchev–Trinajstić information content (AvgIpc) is 3.11. The van der Waals surface area contributed by atoms with Gasteiger partial charge in [0.15, 0.2) is 0 Å². The number of hydrogen-bond acceptors (Lipinski definition) is 6. The van der Waals surface area contributed by atoms with E-state index in [1.807, 2.05) is 18.2 Å². The molecule has 1 unspecified atom stereocenters. The number of aliphatic hydroxyl groups is 1. The molecule has 0 aliphatic heterocycles. The number of fused-ring (bicyclic) bond motifs is 3. The molecule has 0 saturated carbocycles. The summed E-state index contributed by atoms with van der Waals surface area (Å²) in [5.41, 5.74) is 0.801. The standard InChI is InChI=1S/C23H23ClN2O4S2/c1-32(28,29)26-20-12-15(6-9-19(20)24)21(27)14-25-10-11-30-16-7-8-18-17-4-2-3-5-22(17)31-23(18)13-16/h2-9,12-13,21,25-27H,10-11,14H2,1H3. The van der Waals surface area contributed by atoms with E-state index in [0.717, 1.165) is 12.0 Å². The average molecular weight is 491 g/mol. The number of benzene rings is 3. The van der Waals surface area contributed by atoms with Gasteiger partial charge in [-0.3, -0.25) is 4.72 Å². The summed E-state index contributed by atoms with van der Waals surface area (Å²) >= 11 is 7.78. The number of nitrogens with one attached hydrogen (secondary N) is 2. The Labute approximate surface area is 195 Å². The summed E-state index contributed by atoms with van der Waals surface area (Å²) in [6.45, 7) is 1.28. The summed E-state index contributed by atoms with van der Waals surface area (Å²) in [4.78, 5) is 0. The van der Waals surface area contributed by atoms with Gasteiger partial charge in [0.2, 0.25) is 10.0 Å². The topological polar surface area (TPSA) is 87.7 Å². The van der Waals surface area contributed by atoms with Crippen LogP contribution in [0.4, 0.5) is 5.69 Å². The summed E-state index contributed by atoms with van der Waals surface area (Å²) in [7, 11) is -3.46. The lowest BCUT2D eigenvalue weighted by atomic mass is 10.1. The van der Waals surface area contributed by atoms with Gasteiger partial charge in [0.1, 0.15) is 12.4 Å². The largest absolute Gasteiger partial charge is 0.492 e. The van der Waals surface area contributed by atoms with Gasteiger partial charge < -0.3 is 15.2 Å². The maximum Gasteiger partial charge on any atom is 0.229 e. The molecule has 0 saturated heterocycles. The van der Waals surface area contributed by atoms with E-state index in [1.165, 1.54) is 26.2 Å². The highest BCUT2D eigenvalue weighted by Gasteiger charge is 2.12. The Morgan fingerprint density at radius 3 is 2.66 bits per heavy atom. The quantitative estimate of drug-likeness (QED) is 0.294. The van der Waals surface area contributed by atoms with Crippen molar-refractivity contribution in [2.45, 2.75) is 6.10 Å². The van der Waals surface area contributed by atoms with Gasteiger partial charge in [0, 0.05) is 33.3 Å². The Morgan fingerprint density at radius 2 is 1.84 bits per heavy atom. The van der Waals surface area contributed by atoms with Crippen molar-refractivity contribution in [3.05, 3.63) is 71.2 Å². The molecule has 0 aliphatic carbocycles. The zero-order valence-electron chi connectivity index (χ0n) is 17.3. The maximum absolute atomic E-state index is 11.5. The van der Waals surface area contributed by atoms with Crippen LogP contribution in [0.3, 0.4) is 0 Å². The first kappa shape index (κ1) is 22.8. The molecular formula is C23H23ClN2O4S2. The van der Waals surface area contributed by atoms with E-state index in [4.69, 9.17) is 16.3 Å². The minimum absolute atomic E-state index is 0.241. The Balaban J connectivity index is 1.29. The molecule has 32 heavy (non-hydrogen) atoms. The molecule has 3 aromatic carbocycles. The molecule has 0 spiro atoms. The minimum Gasteiger partial charge on any atom is -0.492 e. The fraction of sp³-hybridized carbons (Fsp3) is 0.217. The van der Waals surface area contributed by atoms with Crippen molar-refractivity contribution in [3.8, 4) is 5.75 Å². The molecule has 0 fully saturated rings. The number of rotatable bonds is 9. The number of aliphatic hydroxyl groups excluding tert-OH is 1. The molecular weight excluding hydrogens is 468 g/mol. The fourth-order valence-electron chi connectivity index (χ4n) is 3.42. The Hall–Kier alpha value is -2.36. The Kier molecular flexibility index (Phi) is 6.88. The second-order valence-corrected chi connectivity index (χ2v) is 10.7. The Bertz CT molecular complexity index is 1350. The van der Waals surface area contributed by atoms with Gasteiger partial charge >= 0.3 is 0 Å². The molecule has 0 amide bonds. The van der Waals surface area contributed by atoms with E-state index in [2.05, 4.69) is 34.3 Å². The van der Waals surface area contributed by atoms with Crippen molar-refractivity contribution in [2.75, 3.05) is 30.7 Å². The second kappa shape index (κ2) is 9.64. The molecule has 0 radical (unpaired) electrons. The number of hydrogen-bond donors (Lipinski definition) is 3. The lowest BCUT2D eigenvalue weighted by molar-refractivity contribution is 0.172. The Morgan fingerprint density at radius 1 is 1.06 bits per heavy atom. The van der Waals surface area contributed by atoms with Crippen LogP contribution in [0.1, 0.15) is 11.7 Å². The summed E-state index contributed by atoms with van der Waals surface area (Å²) < 4.78 is 33.6. The third-order valence-electron chi connectivity index (χ3n) is 4.91. The zero-order chi connectivity index (χ0) is 22.7. The minimum atomic E-state index is -3.46. The van der Waals surface area contributed by atoms with Gasteiger partial charge in [-0.05, 0) is 42.0 Å². The van der Waals surface area contributed by atoms with Gasteiger partial charge in [-0.2, -0.15) is 0 Å². The first-order chi connectivity index (χ1) is 15.3. The smallest absolute Gasteiger partial charge is 0.229 e. The van der Waals surface area contributed by atoms with E-state index in [0.29, 0.717) is 25.3 Å².